The summed E-state index contributed by atoms with van der Waals surface area (Å²) in [6.45, 7) is 2.08. The van der Waals surface area contributed by atoms with Gasteiger partial charge in [-0.2, -0.15) is 24.7 Å². The molecular weight excluding hydrogens is 270 g/mol. The van der Waals surface area contributed by atoms with Gasteiger partial charge < -0.3 is 10.5 Å². The number of anilines is 1. The molecule has 0 fully saturated rings. The normalized spacial score (nSPS) is 10.4. The lowest BCUT2D eigenvalue weighted by molar-refractivity contribution is -0.139. The highest BCUT2D eigenvalue weighted by Crippen LogP contribution is 2.14. The summed E-state index contributed by atoms with van der Waals surface area (Å²) in [5, 5.41) is 4.21. The minimum Gasteiger partial charge on any atom is -0.465 e. The third-order valence-electron chi connectivity index (χ3n) is 1.87. The van der Waals surface area contributed by atoms with Crippen LogP contribution >= 0.6 is 11.8 Å². The van der Waals surface area contributed by atoms with Gasteiger partial charge in [0.1, 0.15) is 12.7 Å². The Morgan fingerprint density at radius 2 is 2.32 bits per heavy atom. The molecule has 0 saturated heterocycles. The topological polar surface area (TPSA) is 122 Å². The van der Waals surface area contributed by atoms with Gasteiger partial charge in [0.25, 0.3) is 5.95 Å². The Kier molecular flexibility index (Phi) is 4.23. The Morgan fingerprint density at radius 1 is 1.47 bits per heavy atom. The molecule has 0 unspecified atom stereocenters. The van der Waals surface area contributed by atoms with Gasteiger partial charge in [0.05, 0.1) is 12.4 Å². The van der Waals surface area contributed by atoms with Crippen molar-refractivity contribution in [2.24, 2.45) is 0 Å². The monoisotopic (exact) mass is 281 g/mol. The van der Waals surface area contributed by atoms with Crippen LogP contribution in [0.25, 0.3) is 5.95 Å². The van der Waals surface area contributed by atoms with E-state index in [-0.39, 0.29) is 23.6 Å². The average Bonchev–Trinajstić information content (AvgIpc) is 2.90. The van der Waals surface area contributed by atoms with Crippen LogP contribution in [0.2, 0.25) is 0 Å². The highest BCUT2D eigenvalue weighted by atomic mass is 32.2. The summed E-state index contributed by atoms with van der Waals surface area (Å²) in [5.41, 5.74) is 5.58. The second-order valence-electron chi connectivity index (χ2n) is 3.21. The standard InChI is InChI=1S/C9H11N7O2S/c1-2-18-6(17)3-19-9-14-7(10)13-8(15-9)16-5-11-4-12-16/h4-5H,2-3H2,1H3,(H2,10,13,14,15). The number of hydrogen-bond acceptors (Lipinski definition) is 9. The van der Waals surface area contributed by atoms with Gasteiger partial charge in [0.15, 0.2) is 5.16 Å². The van der Waals surface area contributed by atoms with Crippen LogP contribution in [0.1, 0.15) is 6.92 Å². The van der Waals surface area contributed by atoms with E-state index in [4.69, 9.17) is 10.5 Å². The molecule has 2 rings (SSSR count). The number of carbonyl (C=O) groups excluding carboxylic acids is 1. The number of nitrogen functional groups attached to an aromatic ring is 1. The van der Waals surface area contributed by atoms with Crippen LogP contribution in [0.5, 0.6) is 0 Å². The molecular formula is C9H11N7O2S. The van der Waals surface area contributed by atoms with Crippen LogP contribution in [0.3, 0.4) is 0 Å². The molecule has 0 atom stereocenters. The Morgan fingerprint density at radius 3 is 3.00 bits per heavy atom. The van der Waals surface area contributed by atoms with Gasteiger partial charge in [-0.1, -0.05) is 11.8 Å². The number of nitrogens with zero attached hydrogens (tertiary/aromatic N) is 6. The molecule has 0 aliphatic rings. The van der Waals surface area contributed by atoms with E-state index in [1.165, 1.54) is 17.3 Å². The third kappa shape index (κ3) is 3.61. The van der Waals surface area contributed by atoms with Crippen molar-refractivity contribution in [2.75, 3.05) is 18.1 Å². The predicted octanol–water partition coefficient (Wildman–Crippen LogP) is -0.310. The molecule has 0 bridgehead atoms. The van der Waals surface area contributed by atoms with Gasteiger partial charge in [0, 0.05) is 0 Å². The van der Waals surface area contributed by atoms with Crippen molar-refractivity contribution >= 4 is 23.7 Å². The van der Waals surface area contributed by atoms with Gasteiger partial charge in [-0.25, -0.2) is 4.98 Å². The first-order valence-corrected chi connectivity index (χ1v) is 6.32. The summed E-state index contributed by atoms with van der Waals surface area (Å²) >= 11 is 1.12. The molecule has 9 nitrogen and oxygen atoms in total. The third-order valence-corrected chi connectivity index (χ3v) is 2.69. The van der Waals surface area contributed by atoms with Crippen LogP contribution in [0.15, 0.2) is 17.8 Å². The molecule has 0 spiro atoms. The van der Waals surface area contributed by atoms with Crippen LogP contribution in [-0.2, 0) is 9.53 Å². The summed E-state index contributed by atoms with van der Waals surface area (Å²) in [6.07, 6.45) is 2.79. The van der Waals surface area contributed by atoms with E-state index in [0.717, 1.165) is 11.8 Å². The maximum Gasteiger partial charge on any atom is 0.316 e. The Bertz CT molecular complexity index is 560. The van der Waals surface area contributed by atoms with Crippen molar-refractivity contribution < 1.29 is 9.53 Å². The predicted molar refractivity (Wildman–Crippen MR) is 66.5 cm³/mol. The first kappa shape index (κ1) is 13.2. The van der Waals surface area contributed by atoms with Crippen molar-refractivity contribution in [3.63, 3.8) is 0 Å². The average molecular weight is 281 g/mol. The van der Waals surface area contributed by atoms with E-state index in [1.807, 2.05) is 0 Å². The molecule has 19 heavy (non-hydrogen) atoms. The van der Waals surface area contributed by atoms with Crippen molar-refractivity contribution in [3.05, 3.63) is 12.7 Å². The molecule has 2 aromatic heterocycles. The molecule has 10 heteroatoms. The first-order chi connectivity index (χ1) is 9.19. The van der Waals surface area contributed by atoms with E-state index in [2.05, 4.69) is 25.0 Å². The zero-order valence-corrected chi connectivity index (χ0v) is 10.9. The zero-order chi connectivity index (χ0) is 13.7. The second kappa shape index (κ2) is 6.09. The number of nitrogens with two attached hydrogens (primary N) is 1. The van der Waals surface area contributed by atoms with Crippen molar-refractivity contribution in [1.29, 1.82) is 0 Å². The molecule has 0 amide bonds. The number of rotatable bonds is 5. The number of esters is 1. The number of aromatic nitrogens is 6. The molecule has 2 heterocycles. The summed E-state index contributed by atoms with van der Waals surface area (Å²) in [5.74, 6) is 0.0608. The molecule has 0 saturated carbocycles. The maximum atomic E-state index is 11.2. The lowest BCUT2D eigenvalue weighted by Crippen LogP contribution is -2.10. The van der Waals surface area contributed by atoms with Crippen LogP contribution < -0.4 is 5.73 Å². The van der Waals surface area contributed by atoms with E-state index in [0.29, 0.717) is 11.8 Å². The van der Waals surface area contributed by atoms with E-state index >= 15 is 0 Å². The quantitative estimate of drug-likeness (QED) is 0.580. The number of carbonyl (C=O) groups is 1. The molecule has 2 aromatic rings. The van der Waals surface area contributed by atoms with Crippen molar-refractivity contribution in [3.8, 4) is 5.95 Å². The fourth-order valence-electron chi connectivity index (χ4n) is 1.17. The van der Waals surface area contributed by atoms with Gasteiger partial charge in [-0.15, -0.1) is 0 Å². The Labute approximate surface area is 112 Å². The number of ether oxygens (including phenoxy) is 1. The number of hydrogen-bond donors (Lipinski definition) is 1. The minimum absolute atomic E-state index is 0.0480. The fourth-order valence-corrected chi connectivity index (χ4v) is 1.80. The largest absolute Gasteiger partial charge is 0.465 e. The second-order valence-corrected chi connectivity index (χ2v) is 4.15. The smallest absolute Gasteiger partial charge is 0.316 e. The summed E-state index contributed by atoms with van der Waals surface area (Å²) in [6, 6.07) is 0. The SMILES string of the molecule is CCOC(=O)CSc1nc(N)nc(-n2cncn2)n1. The molecule has 2 N–H and O–H groups in total. The lowest BCUT2D eigenvalue weighted by Gasteiger charge is -2.04. The van der Waals surface area contributed by atoms with E-state index in [9.17, 15) is 4.79 Å². The highest BCUT2D eigenvalue weighted by molar-refractivity contribution is 7.99. The lowest BCUT2D eigenvalue weighted by atomic mass is 10.8. The highest BCUT2D eigenvalue weighted by Gasteiger charge is 2.10. The Balaban J connectivity index is 2.11. The van der Waals surface area contributed by atoms with Gasteiger partial charge in [-0.3, -0.25) is 4.79 Å². The van der Waals surface area contributed by atoms with Crippen molar-refractivity contribution in [1.82, 2.24) is 29.7 Å². The van der Waals surface area contributed by atoms with Gasteiger partial charge in [0.2, 0.25) is 5.95 Å². The molecule has 100 valence electrons. The van der Waals surface area contributed by atoms with E-state index < -0.39 is 0 Å². The molecule has 0 aliphatic carbocycles. The fraction of sp³-hybridized carbons (Fsp3) is 0.333. The number of thioether (sulfide) groups is 1. The zero-order valence-electron chi connectivity index (χ0n) is 10.1. The molecule has 0 radical (unpaired) electrons. The first-order valence-electron chi connectivity index (χ1n) is 5.34. The van der Waals surface area contributed by atoms with Gasteiger partial charge in [-0.05, 0) is 6.92 Å². The summed E-state index contributed by atoms with van der Waals surface area (Å²) in [4.78, 5) is 27.0. The van der Waals surface area contributed by atoms with Crippen LogP contribution in [0, 0.1) is 0 Å². The van der Waals surface area contributed by atoms with E-state index in [1.54, 1.807) is 6.92 Å². The van der Waals surface area contributed by atoms with Crippen molar-refractivity contribution in [2.45, 2.75) is 12.1 Å². The molecule has 0 aromatic carbocycles. The maximum absolute atomic E-state index is 11.2. The summed E-state index contributed by atoms with van der Waals surface area (Å²) < 4.78 is 6.16. The van der Waals surface area contributed by atoms with Crippen LogP contribution in [0.4, 0.5) is 5.95 Å². The Hall–Kier alpha value is -2.23. The molecule has 0 aliphatic heterocycles. The minimum atomic E-state index is -0.339. The summed E-state index contributed by atoms with van der Waals surface area (Å²) in [7, 11) is 0. The van der Waals surface area contributed by atoms with Crippen LogP contribution in [-0.4, -0.2) is 48.0 Å². The van der Waals surface area contributed by atoms with Gasteiger partial charge >= 0.3 is 5.97 Å².